The van der Waals surface area contributed by atoms with Gasteiger partial charge in [-0.15, -0.1) is 11.3 Å². The van der Waals surface area contributed by atoms with Gasteiger partial charge in [0.2, 0.25) is 5.91 Å². The molecule has 0 unspecified atom stereocenters. The first-order valence-electron chi connectivity index (χ1n) is 9.09. The number of hydrogen-bond donors (Lipinski definition) is 3. The molecule has 28 heavy (non-hydrogen) atoms. The quantitative estimate of drug-likeness (QED) is 0.549. The molecular weight excluding hydrogens is 378 g/mol. The van der Waals surface area contributed by atoms with Gasteiger partial charge in [-0.05, 0) is 42.0 Å². The Morgan fingerprint density at radius 1 is 1.07 bits per heavy atom. The molecule has 0 aliphatic carbocycles. The average Bonchev–Trinajstić information content (AvgIpc) is 3.18. The van der Waals surface area contributed by atoms with Gasteiger partial charge in [0.15, 0.2) is 0 Å². The van der Waals surface area contributed by atoms with Crippen molar-refractivity contribution in [2.24, 2.45) is 5.92 Å². The van der Waals surface area contributed by atoms with Gasteiger partial charge in [-0.3, -0.25) is 14.9 Å². The van der Waals surface area contributed by atoms with Crippen LogP contribution in [0.15, 0.2) is 41.8 Å². The van der Waals surface area contributed by atoms with Crippen LogP contribution in [0.25, 0.3) is 0 Å². The summed E-state index contributed by atoms with van der Waals surface area (Å²) in [6.07, 6.45) is 0.278. The number of benzene rings is 1. The summed E-state index contributed by atoms with van der Waals surface area (Å²) in [4.78, 5) is 36.2. The minimum absolute atomic E-state index is 0.126. The molecule has 0 atom stereocenters. The van der Waals surface area contributed by atoms with Gasteiger partial charge in [-0.2, -0.15) is 0 Å². The van der Waals surface area contributed by atoms with Gasteiger partial charge in [0, 0.05) is 24.3 Å². The summed E-state index contributed by atoms with van der Waals surface area (Å²) in [6.45, 7) is 4.67. The van der Waals surface area contributed by atoms with Gasteiger partial charge in [0.1, 0.15) is 0 Å². The lowest BCUT2D eigenvalue weighted by Gasteiger charge is -2.10. The number of anilines is 2. The van der Waals surface area contributed by atoms with Gasteiger partial charge >= 0.3 is 6.09 Å². The maximum absolute atomic E-state index is 12.1. The number of carbonyl (C=O) groups excluding carboxylic acids is 3. The Morgan fingerprint density at radius 3 is 2.50 bits per heavy atom. The van der Waals surface area contributed by atoms with Crippen molar-refractivity contribution in [3.05, 3.63) is 46.7 Å². The van der Waals surface area contributed by atoms with E-state index in [9.17, 15) is 14.4 Å². The highest BCUT2D eigenvalue weighted by Gasteiger charge is 2.08. The van der Waals surface area contributed by atoms with Crippen molar-refractivity contribution in [2.75, 3.05) is 23.8 Å². The van der Waals surface area contributed by atoms with Crippen molar-refractivity contribution in [3.63, 3.8) is 0 Å². The third-order valence-electron chi connectivity index (χ3n) is 3.55. The van der Waals surface area contributed by atoms with Gasteiger partial charge in [0.05, 0.1) is 11.5 Å². The number of thiophene rings is 1. The monoisotopic (exact) mass is 403 g/mol. The Labute approximate surface area is 168 Å². The summed E-state index contributed by atoms with van der Waals surface area (Å²) in [5.41, 5.74) is 1.11. The molecule has 0 fully saturated rings. The minimum atomic E-state index is -0.529. The molecule has 0 saturated heterocycles. The number of hydrogen-bond acceptors (Lipinski definition) is 5. The zero-order valence-electron chi connectivity index (χ0n) is 16.0. The van der Waals surface area contributed by atoms with Crippen LogP contribution in [-0.4, -0.2) is 31.1 Å². The highest BCUT2D eigenvalue weighted by atomic mass is 32.1. The van der Waals surface area contributed by atoms with E-state index < -0.39 is 6.09 Å². The van der Waals surface area contributed by atoms with Crippen LogP contribution in [0, 0.1) is 5.92 Å². The fourth-order valence-corrected chi connectivity index (χ4v) is 2.88. The molecule has 0 aliphatic rings. The van der Waals surface area contributed by atoms with Crippen LogP contribution >= 0.6 is 11.3 Å². The van der Waals surface area contributed by atoms with E-state index in [1.807, 2.05) is 25.3 Å². The molecule has 0 aliphatic heterocycles. The fourth-order valence-electron chi connectivity index (χ4n) is 2.24. The molecule has 1 aromatic heterocycles. The lowest BCUT2D eigenvalue weighted by molar-refractivity contribution is -0.116. The lowest BCUT2D eigenvalue weighted by atomic mass is 10.2. The Balaban J connectivity index is 1.71. The summed E-state index contributed by atoms with van der Waals surface area (Å²) >= 11 is 1.38. The summed E-state index contributed by atoms with van der Waals surface area (Å²) in [6, 6.07) is 10.4. The average molecular weight is 404 g/mol. The molecular formula is C20H25N3O4S. The van der Waals surface area contributed by atoms with Crippen LogP contribution in [0.2, 0.25) is 0 Å². The minimum Gasteiger partial charge on any atom is -0.449 e. The second kappa shape index (κ2) is 11.1. The summed E-state index contributed by atoms with van der Waals surface area (Å²) in [5.74, 6) is -0.0325. The predicted octanol–water partition coefficient (Wildman–Crippen LogP) is 4.10. The molecule has 1 aromatic carbocycles. The van der Waals surface area contributed by atoms with Crippen LogP contribution in [-0.2, 0) is 9.53 Å². The van der Waals surface area contributed by atoms with Gasteiger partial charge < -0.3 is 15.4 Å². The van der Waals surface area contributed by atoms with Crippen molar-refractivity contribution in [1.82, 2.24) is 5.32 Å². The standard InChI is InChI=1S/C20H25N3O4S/c1-14(2)13-27-20(26)23-16-7-3-6-15(12-16)22-18(24)9-4-10-21-19(25)17-8-5-11-28-17/h3,5-8,11-12,14H,4,9-10,13H2,1-2H3,(H,21,25)(H,22,24)(H,23,26). The molecule has 8 heteroatoms. The van der Waals surface area contributed by atoms with Crippen LogP contribution in [0.3, 0.4) is 0 Å². The smallest absolute Gasteiger partial charge is 0.411 e. The highest BCUT2D eigenvalue weighted by molar-refractivity contribution is 7.12. The zero-order valence-corrected chi connectivity index (χ0v) is 16.8. The highest BCUT2D eigenvalue weighted by Crippen LogP contribution is 2.16. The molecule has 0 bridgehead atoms. The molecule has 2 rings (SSSR count). The van der Waals surface area contributed by atoms with Crippen molar-refractivity contribution in [2.45, 2.75) is 26.7 Å². The van der Waals surface area contributed by atoms with Crippen LogP contribution in [0.5, 0.6) is 0 Å². The lowest BCUT2D eigenvalue weighted by Crippen LogP contribution is -2.24. The van der Waals surface area contributed by atoms with Gasteiger partial charge in [0.25, 0.3) is 5.91 Å². The Kier molecular flexibility index (Phi) is 8.48. The summed E-state index contributed by atoms with van der Waals surface area (Å²) < 4.78 is 5.07. The number of carbonyl (C=O) groups is 3. The van der Waals surface area contributed by atoms with Crippen molar-refractivity contribution in [1.29, 1.82) is 0 Å². The van der Waals surface area contributed by atoms with Crippen molar-refractivity contribution < 1.29 is 19.1 Å². The Morgan fingerprint density at radius 2 is 1.82 bits per heavy atom. The molecule has 150 valence electrons. The maximum atomic E-state index is 12.1. The first-order chi connectivity index (χ1) is 13.4. The van der Waals surface area contributed by atoms with Crippen molar-refractivity contribution >= 4 is 40.6 Å². The summed E-state index contributed by atoms with van der Waals surface area (Å²) in [5, 5.41) is 10.0. The first kappa shape index (κ1) is 21.4. The SMILES string of the molecule is CC(C)COC(=O)Nc1cccc(NC(=O)CCCNC(=O)c2cccs2)c1. The molecule has 3 N–H and O–H groups in total. The Bertz CT molecular complexity index is 791. The molecule has 1 heterocycles. The molecule has 7 nitrogen and oxygen atoms in total. The van der Waals surface area contributed by atoms with E-state index in [1.54, 1.807) is 30.3 Å². The van der Waals surface area contributed by atoms with E-state index >= 15 is 0 Å². The fraction of sp³-hybridized carbons (Fsp3) is 0.350. The van der Waals surface area contributed by atoms with Gasteiger partial charge in [-0.25, -0.2) is 4.79 Å². The predicted molar refractivity (Wildman–Crippen MR) is 111 cm³/mol. The van der Waals surface area contributed by atoms with Gasteiger partial charge in [-0.1, -0.05) is 26.0 Å². The molecule has 3 amide bonds. The molecule has 0 spiro atoms. The topological polar surface area (TPSA) is 96.5 Å². The largest absolute Gasteiger partial charge is 0.449 e. The molecule has 0 saturated carbocycles. The summed E-state index contributed by atoms with van der Waals surface area (Å²) in [7, 11) is 0. The second-order valence-electron chi connectivity index (χ2n) is 6.58. The third-order valence-corrected chi connectivity index (χ3v) is 4.42. The maximum Gasteiger partial charge on any atom is 0.411 e. The third kappa shape index (κ3) is 7.79. The van der Waals surface area contributed by atoms with E-state index in [0.29, 0.717) is 35.8 Å². The van der Waals surface area contributed by atoms with E-state index in [0.717, 1.165) is 0 Å². The Hall–Kier alpha value is -2.87. The number of ether oxygens (including phenoxy) is 1. The zero-order chi connectivity index (χ0) is 20.4. The van der Waals surface area contributed by atoms with Crippen LogP contribution < -0.4 is 16.0 Å². The second-order valence-corrected chi connectivity index (χ2v) is 7.53. The number of rotatable bonds is 9. The molecule has 0 radical (unpaired) electrons. The van der Waals surface area contributed by atoms with Crippen LogP contribution in [0.1, 0.15) is 36.4 Å². The number of nitrogens with one attached hydrogen (secondary N) is 3. The normalized spacial score (nSPS) is 10.4. The van der Waals surface area contributed by atoms with E-state index in [1.165, 1.54) is 11.3 Å². The van der Waals surface area contributed by atoms with E-state index in [2.05, 4.69) is 16.0 Å². The first-order valence-corrected chi connectivity index (χ1v) is 9.97. The van der Waals surface area contributed by atoms with E-state index in [-0.39, 0.29) is 24.2 Å². The molecule has 2 aromatic rings. The van der Waals surface area contributed by atoms with Crippen LogP contribution in [0.4, 0.5) is 16.2 Å². The number of amides is 3. The van der Waals surface area contributed by atoms with E-state index in [4.69, 9.17) is 4.74 Å². The van der Waals surface area contributed by atoms with Crippen molar-refractivity contribution in [3.8, 4) is 0 Å².